The predicted octanol–water partition coefficient (Wildman–Crippen LogP) is 3.94. The first-order chi connectivity index (χ1) is 15.7. The van der Waals surface area contributed by atoms with Crippen molar-refractivity contribution in [3.63, 3.8) is 0 Å². The van der Waals surface area contributed by atoms with Crippen molar-refractivity contribution in [3.8, 4) is 0 Å². The van der Waals surface area contributed by atoms with Gasteiger partial charge in [-0.1, -0.05) is 6.92 Å². The van der Waals surface area contributed by atoms with E-state index >= 15 is 0 Å². The highest BCUT2D eigenvalue weighted by molar-refractivity contribution is 6.01. The summed E-state index contributed by atoms with van der Waals surface area (Å²) in [6.45, 7) is 5.66. The molecular formula is C23H27F3N4O3. The molecule has 4 rings (SSSR count). The van der Waals surface area contributed by atoms with Gasteiger partial charge >= 0.3 is 6.18 Å². The average molecular weight is 464 g/mol. The average Bonchev–Trinajstić information content (AvgIpc) is 3.40. The Morgan fingerprint density at radius 2 is 2.09 bits per heavy atom. The van der Waals surface area contributed by atoms with Crippen molar-refractivity contribution in [1.82, 2.24) is 19.8 Å². The molecule has 0 aliphatic carbocycles. The zero-order valence-corrected chi connectivity index (χ0v) is 18.6. The number of ether oxygens (including phenoxy) is 1. The fraction of sp³-hybridized carbons (Fsp3) is 0.522. The second-order valence-electron chi connectivity index (χ2n) is 8.49. The molecule has 4 heterocycles. The number of fused-ring (bicyclic) bond motifs is 1. The molecule has 2 atom stereocenters. The summed E-state index contributed by atoms with van der Waals surface area (Å²) in [6.07, 6.45) is -1.36. The first kappa shape index (κ1) is 23.3. The van der Waals surface area contributed by atoms with Crippen LogP contribution in [0.25, 0.3) is 0 Å². The van der Waals surface area contributed by atoms with E-state index in [-0.39, 0.29) is 18.6 Å². The van der Waals surface area contributed by atoms with Gasteiger partial charge in [0.25, 0.3) is 11.8 Å². The normalized spacial score (nSPS) is 19.3. The molecule has 1 unspecified atom stereocenters. The number of amides is 2. The lowest BCUT2D eigenvalue weighted by Crippen LogP contribution is -2.35. The maximum absolute atomic E-state index is 13.2. The van der Waals surface area contributed by atoms with Gasteiger partial charge in [0.2, 0.25) is 0 Å². The van der Waals surface area contributed by atoms with Gasteiger partial charge in [0.15, 0.2) is 0 Å². The summed E-state index contributed by atoms with van der Waals surface area (Å²) < 4.78 is 45.9. The fourth-order valence-corrected chi connectivity index (χ4v) is 4.48. The summed E-state index contributed by atoms with van der Waals surface area (Å²) >= 11 is 0. The molecule has 2 aromatic rings. The summed E-state index contributed by atoms with van der Waals surface area (Å²) in [7, 11) is 0. The standard InChI is InChI=1S/C23H27F3N4O3/c1-3-17(18-7-6-15(12-27-18)23(24,25)26)28-21(31)16-11-19(30-9-10-33-13-20(16)30)22(32)29-8-4-5-14(29)2/h6-7,11-12,14,17H,3-5,8-10,13H2,1-2H3,(H,28,31)/t14?,17-/m1/s1. The highest BCUT2D eigenvalue weighted by Crippen LogP contribution is 2.30. The number of nitrogens with zero attached hydrogens (tertiary/aromatic N) is 3. The molecule has 2 aliphatic heterocycles. The smallest absolute Gasteiger partial charge is 0.373 e. The summed E-state index contributed by atoms with van der Waals surface area (Å²) in [6, 6.07) is 3.42. The fourth-order valence-electron chi connectivity index (χ4n) is 4.48. The van der Waals surface area contributed by atoms with Crippen LogP contribution in [0, 0.1) is 0 Å². The molecule has 1 N–H and O–H groups in total. The van der Waals surface area contributed by atoms with Crippen LogP contribution < -0.4 is 5.32 Å². The Hall–Kier alpha value is -2.88. The number of carbonyl (C=O) groups excluding carboxylic acids is 2. The van der Waals surface area contributed by atoms with E-state index in [9.17, 15) is 22.8 Å². The van der Waals surface area contributed by atoms with Gasteiger partial charge in [0, 0.05) is 25.3 Å². The summed E-state index contributed by atoms with van der Waals surface area (Å²) in [4.78, 5) is 32.2. The van der Waals surface area contributed by atoms with Gasteiger partial charge in [-0.05, 0) is 44.4 Å². The number of likely N-dealkylation sites (tertiary alicyclic amines) is 1. The van der Waals surface area contributed by atoms with Crippen LogP contribution in [0.2, 0.25) is 0 Å². The molecule has 0 saturated carbocycles. The van der Waals surface area contributed by atoms with Crippen LogP contribution in [0.1, 0.15) is 76.9 Å². The maximum Gasteiger partial charge on any atom is 0.417 e. The van der Waals surface area contributed by atoms with Gasteiger partial charge in [0.1, 0.15) is 5.69 Å². The number of rotatable bonds is 5. The van der Waals surface area contributed by atoms with Crippen LogP contribution in [0.4, 0.5) is 13.2 Å². The van der Waals surface area contributed by atoms with E-state index in [2.05, 4.69) is 10.3 Å². The molecule has 0 aromatic carbocycles. The molecule has 0 spiro atoms. The minimum atomic E-state index is -4.47. The largest absolute Gasteiger partial charge is 0.417 e. The van der Waals surface area contributed by atoms with E-state index in [0.29, 0.717) is 48.8 Å². The first-order valence-electron chi connectivity index (χ1n) is 11.2. The van der Waals surface area contributed by atoms with Crippen LogP contribution in [-0.4, -0.2) is 45.5 Å². The van der Waals surface area contributed by atoms with Crippen molar-refractivity contribution in [2.75, 3.05) is 13.2 Å². The zero-order valence-electron chi connectivity index (χ0n) is 18.6. The lowest BCUT2D eigenvalue weighted by atomic mass is 10.1. The Balaban J connectivity index is 1.58. The quantitative estimate of drug-likeness (QED) is 0.727. The number of pyridine rings is 1. The van der Waals surface area contributed by atoms with E-state index in [4.69, 9.17) is 4.74 Å². The van der Waals surface area contributed by atoms with Crippen LogP contribution in [0.5, 0.6) is 0 Å². The highest BCUT2D eigenvalue weighted by Gasteiger charge is 2.33. The molecule has 0 bridgehead atoms. The van der Waals surface area contributed by atoms with Crippen LogP contribution in [0.3, 0.4) is 0 Å². The molecule has 2 aliphatic rings. The lowest BCUT2D eigenvalue weighted by molar-refractivity contribution is -0.137. The number of carbonyl (C=O) groups is 2. The van der Waals surface area contributed by atoms with Gasteiger partial charge in [-0.15, -0.1) is 0 Å². The van der Waals surface area contributed by atoms with Gasteiger partial charge in [-0.25, -0.2) is 0 Å². The number of hydrogen-bond acceptors (Lipinski definition) is 4. The van der Waals surface area contributed by atoms with Crippen molar-refractivity contribution >= 4 is 11.8 Å². The van der Waals surface area contributed by atoms with Crippen LogP contribution >= 0.6 is 0 Å². The van der Waals surface area contributed by atoms with Crippen LogP contribution in [0.15, 0.2) is 24.4 Å². The van der Waals surface area contributed by atoms with Crippen molar-refractivity contribution in [2.24, 2.45) is 0 Å². The van der Waals surface area contributed by atoms with E-state index in [1.807, 2.05) is 23.3 Å². The topological polar surface area (TPSA) is 76.5 Å². The predicted molar refractivity (Wildman–Crippen MR) is 114 cm³/mol. The number of aromatic nitrogens is 2. The number of halogens is 3. The molecule has 33 heavy (non-hydrogen) atoms. The minimum Gasteiger partial charge on any atom is -0.373 e. The summed E-state index contributed by atoms with van der Waals surface area (Å²) in [5.74, 6) is -0.509. The highest BCUT2D eigenvalue weighted by atomic mass is 19.4. The molecule has 10 heteroatoms. The Labute approximate surface area is 189 Å². The Morgan fingerprint density at radius 1 is 1.30 bits per heavy atom. The van der Waals surface area contributed by atoms with Crippen molar-refractivity contribution < 1.29 is 27.5 Å². The maximum atomic E-state index is 13.2. The second-order valence-corrected chi connectivity index (χ2v) is 8.49. The van der Waals surface area contributed by atoms with Crippen molar-refractivity contribution in [1.29, 1.82) is 0 Å². The monoisotopic (exact) mass is 464 g/mol. The SMILES string of the molecule is CC[C@@H](NC(=O)c1cc(C(=O)N2CCCC2C)n2c1COCC2)c1ccc(C(F)(F)F)cn1. The second kappa shape index (κ2) is 9.17. The third kappa shape index (κ3) is 4.62. The van der Waals surface area contributed by atoms with Gasteiger partial charge in [-0.2, -0.15) is 13.2 Å². The summed E-state index contributed by atoms with van der Waals surface area (Å²) in [5, 5.41) is 2.86. The Morgan fingerprint density at radius 3 is 2.70 bits per heavy atom. The molecule has 2 amide bonds. The molecule has 2 aromatic heterocycles. The molecule has 1 saturated heterocycles. The molecular weight excluding hydrogens is 437 g/mol. The van der Waals surface area contributed by atoms with Gasteiger partial charge in [0.05, 0.1) is 41.8 Å². The van der Waals surface area contributed by atoms with Crippen molar-refractivity contribution in [3.05, 3.63) is 52.6 Å². The van der Waals surface area contributed by atoms with Gasteiger partial charge in [-0.3, -0.25) is 14.6 Å². The number of nitrogens with one attached hydrogen (secondary N) is 1. The first-order valence-corrected chi connectivity index (χ1v) is 11.2. The van der Waals surface area contributed by atoms with Gasteiger partial charge < -0.3 is 19.5 Å². The number of hydrogen-bond donors (Lipinski definition) is 1. The molecule has 0 radical (unpaired) electrons. The number of alkyl halides is 3. The zero-order chi connectivity index (χ0) is 23.8. The Kier molecular flexibility index (Phi) is 6.47. The molecule has 1 fully saturated rings. The van der Waals surface area contributed by atoms with Crippen LogP contribution in [-0.2, 0) is 24.1 Å². The van der Waals surface area contributed by atoms with E-state index < -0.39 is 23.7 Å². The van der Waals surface area contributed by atoms with Crippen molar-refractivity contribution in [2.45, 2.75) is 64.5 Å². The minimum absolute atomic E-state index is 0.0985. The molecule has 178 valence electrons. The molecule has 7 nitrogen and oxygen atoms in total. The van der Waals surface area contributed by atoms with E-state index in [1.54, 1.807) is 6.07 Å². The lowest BCUT2D eigenvalue weighted by Gasteiger charge is -2.24. The van der Waals surface area contributed by atoms with E-state index in [1.165, 1.54) is 6.07 Å². The third-order valence-electron chi connectivity index (χ3n) is 6.37. The van der Waals surface area contributed by atoms with E-state index in [0.717, 1.165) is 25.1 Å². The Bertz CT molecular complexity index is 1030. The third-order valence-corrected chi connectivity index (χ3v) is 6.37. The summed E-state index contributed by atoms with van der Waals surface area (Å²) in [5.41, 5.74) is 0.933.